The van der Waals surface area contributed by atoms with Gasteiger partial charge in [0.25, 0.3) is 5.69 Å². The maximum absolute atomic E-state index is 12.3. The fourth-order valence-electron chi connectivity index (χ4n) is 1.75. The third-order valence-corrected chi connectivity index (χ3v) is 4.76. The Morgan fingerprint density at radius 2 is 2.05 bits per heavy atom. The lowest BCUT2D eigenvalue weighted by Gasteiger charge is -2.25. The lowest BCUT2D eigenvalue weighted by molar-refractivity contribution is -0.387. The molecular formula is C12H15ClN2O6S. The molecule has 122 valence electrons. The summed E-state index contributed by atoms with van der Waals surface area (Å²) in [4.78, 5) is 20.2. The second-order valence-corrected chi connectivity index (χ2v) is 7.34. The van der Waals surface area contributed by atoms with Gasteiger partial charge in [-0.1, -0.05) is 11.6 Å². The number of nitro groups is 1. The summed E-state index contributed by atoms with van der Waals surface area (Å²) >= 11 is 5.64. The summed E-state index contributed by atoms with van der Waals surface area (Å²) in [6.45, 7) is 2.99. The number of aliphatic carboxylic acids is 1. The van der Waals surface area contributed by atoms with Gasteiger partial charge < -0.3 is 5.11 Å². The van der Waals surface area contributed by atoms with Crippen LogP contribution in [-0.2, 0) is 14.8 Å². The molecule has 0 aliphatic carbocycles. The zero-order valence-electron chi connectivity index (χ0n) is 11.9. The number of halogens is 1. The number of hydrogen-bond acceptors (Lipinski definition) is 5. The van der Waals surface area contributed by atoms with Crippen molar-refractivity contribution >= 4 is 33.3 Å². The van der Waals surface area contributed by atoms with Gasteiger partial charge in [-0.25, -0.2) is 13.1 Å². The number of carboxylic acid groups (broad SMARTS) is 1. The summed E-state index contributed by atoms with van der Waals surface area (Å²) in [6, 6.07) is 3.21. The summed E-state index contributed by atoms with van der Waals surface area (Å²) < 4.78 is 26.9. The first kappa shape index (κ1) is 18.3. The molecule has 22 heavy (non-hydrogen) atoms. The SMILES string of the molecule is CC(C)(CCC(=O)O)NS(=O)(=O)c1ccc(Cl)cc1[N+](=O)[O-]. The fraction of sp³-hybridized carbons (Fsp3) is 0.417. The Labute approximate surface area is 132 Å². The van der Waals surface area contributed by atoms with Crippen LogP contribution in [0.15, 0.2) is 23.1 Å². The zero-order chi connectivity index (χ0) is 17.1. The number of sulfonamides is 1. The molecule has 0 spiro atoms. The quantitative estimate of drug-likeness (QED) is 0.573. The third kappa shape index (κ3) is 4.93. The molecule has 0 aromatic heterocycles. The minimum atomic E-state index is -4.20. The maximum Gasteiger partial charge on any atom is 0.303 e. The van der Waals surface area contributed by atoms with Gasteiger partial charge in [-0.15, -0.1) is 0 Å². The topological polar surface area (TPSA) is 127 Å². The van der Waals surface area contributed by atoms with E-state index in [0.29, 0.717) is 0 Å². The molecule has 2 N–H and O–H groups in total. The molecule has 0 atom stereocenters. The first-order valence-corrected chi connectivity index (χ1v) is 8.00. The highest BCUT2D eigenvalue weighted by Crippen LogP contribution is 2.28. The number of hydrogen-bond donors (Lipinski definition) is 2. The second kappa shape index (κ2) is 6.59. The average molecular weight is 351 g/mol. The van der Waals surface area contributed by atoms with Gasteiger partial charge in [-0.05, 0) is 32.4 Å². The minimum Gasteiger partial charge on any atom is -0.481 e. The van der Waals surface area contributed by atoms with Gasteiger partial charge in [0.05, 0.1) is 4.92 Å². The number of nitrogens with one attached hydrogen (secondary N) is 1. The Morgan fingerprint density at radius 3 is 2.55 bits per heavy atom. The van der Waals surface area contributed by atoms with Gasteiger partial charge in [-0.3, -0.25) is 14.9 Å². The number of carboxylic acids is 1. The van der Waals surface area contributed by atoms with E-state index in [-0.39, 0.29) is 17.9 Å². The van der Waals surface area contributed by atoms with Crippen LogP contribution in [0, 0.1) is 10.1 Å². The molecule has 0 aliphatic rings. The van der Waals surface area contributed by atoms with E-state index in [2.05, 4.69) is 4.72 Å². The number of rotatable bonds is 7. The summed E-state index contributed by atoms with van der Waals surface area (Å²) in [6.07, 6.45) is -0.207. The van der Waals surface area contributed by atoms with E-state index in [0.717, 1.165) is 12.1 Å². The van der Waals surface area contributed by atoms with Crippen LogP contribution in [0.1, 0.15) is 26.7 Å². The maximum atomic E-state index is 12.3. The van der Waals surface area contributed by atoms with Gasteiger partial charge in [0.15, 0.2) is 4.90 Å². The average Bonchev–Trinajstić information content (AvgIpc) is 2.34. The Morgan fingerprint density at radius 1 is 1.45 bits per heavy atom. The molecule has 0 saturated heterocycles. The zero-order valence-corrected chi connectivity index (χ0v) is 13.4. The standard InChI is InChI=1S/C12H15ClN2O6S/c1-12(2,6-5-11(16)17)14-22(20,21)10-4-3-8(13)7-9(10)15(18)19/h3-4,7,14H,5-6H2,1-2H3,(H,16,17). The summed E-state index contributed by atoms with van der Waals surface area (Å²) in [5, 5.41) is 19.7. The van der Waals surface area contributed by atoms with Crippen LogP contribution in [-0.4, -0.2) is 30.0 Å². The van der Waals surface area contributed by atoms with Crippen LogP contribution in [0.3, 0.4) is 0 Å². The van der Waals surface area contributed by atoms with Crippen molar-refractivity contribution in [1.82, 2.24) is 4.72 Å². The first-order chi connectivity index (χ1) is 9.94. The molecule has 0 fully saturated rings. The van der Waals surface area contributed by atoms with Crippen LogP contribution >= 0.6 is 11.6 Å². The van der Waals surface area contributed by atoms with Gasteiger partial charge in [0.2, 0.25) is 10.0 Å². The molecule has 0 saturated carbocycles. The molecule has 0 aliphatic heterocycles. The van der Waals surface area contributed by atoms with Gasteiger partial charge in [0.1, 0.15) is 0 Å². The Balaban J connectivity index is 3.15. The summed E-state index contributed by atoms with van der Waals surface area (Å²) in [5.74, 6) is -1.07. The highest BCUT2D eigenvalue weighted by atomic mass is 35.5. The van der Waals surface area contributed by atoms with Crippen molar-refractivity contribution in [3.8, 4) is 0 Å². The van der Waals surface area contributed by atoms with Crippen LogP contribution in [0.4, 0.5) is 5.69 Å². The molecule has 0 heterocycles. The third-order valence-electron chi connectivity index (χ3n) is 2.78. The van der Waals surface area contributed by atoms with Crippen LogP contribution < -0.4 is 4.72 Å². The van der Waals surface area contributed by atoms with Crippen molar-refractivity contribution < 1.29 is 23.2 Å². The summed E-state index contributed by atoms with van der Waals surface area (Å²) in [7, 11) is -4.20. The van der Waals surface area contributed by atoms with Crippen LogP contribution in [0.25, 0.3) is 0 Å². The number of nitrogens with zero attached hydrogens (tertiary/aromatic N) is 1. The highest BCUT2D eigenvalue weighted by molar-refractivity contribution is 7.89. The van der Waals surface area contributed by atoms with Crippen molar-refractivity contribution in [3.63, 3.8) is 0 Å². The predicted molar refractivity (Wildman–Crippen MR) is 79.4 cm³/mol. The Kier molecular flexibility index (Phi) is 5.49. The van der Waals surface area contributed by atoms with E-state index in [4.69, 9.17) is 16.7 Å². The molecule has 1 aromatic carbocycles. The monoisotopic (exact) mass is 350 g/mol. The van der Waals surface area contributed by atoms with E-state index in [1.807, 2.05) is 0 Å². The van der Waals surface area contributed by atoms with E-state index in [1.165, 1.54) is 19.9 Å². The molecule has 10 heteroatoms. The van der Waals surface area contributed by atoms with Crippen molar-refractivity contribution in [2.45, 2.75) is 37.1 Å². The normalized spacial score (nSPS) is 12.1. The van der Waals surface area contributed by atoms with Crippen molar-refractivity contribution in [2.24, 2.45) is 0 Å². The van der Waals surface area contributed by atoms with E-state index in [9.17, 15) is 23.3 Å². The minimum absolute atomic E-state index is 0.0307. The van der Waals surface area contributed by atoms with Gasteiger partial charge in [0, 0.05) is 23.0 Å². The van der Waals surface area contributed by atoms with Crippen molar-refractivity contribution in [3.05, 3.63) is 33.3 Å². The van der Waals surface area contributed by atoms with Crippen molar-refractivity contribution in [1.29, 1.82) is 0 Å². The van der Waals surface area contributed by atoms with E-state index in [1.54, 1.807) is 0 Å². The fourth-order valence-corrected chi connectivity index (χ4v) is 3.51. The summed E-state index contributed by atoms with van der Waals surface area (Å²) in [5.41, 5.74) is -1.72. The lowest BCUT2D eigenvalue weighted by atomic mass is 10.0. The largest absolute Gasteiger partial charge is 0.481 e. The van der Waals surface area contributed by atoms with Crippen LogP contribution in [0.2, 0.25) is 5.02 Å². The number of carbonyl (C=O) groups is 1. The Bertz CT molecular complexity index is 702. The molecular weight excluding hydrogens is 336 g/mol. The Hall–Kier alpha value is -1.71. The van der Waals surface area contributed by atoms with Gasteiger partial charge in [-0.2, -0.15) is 0 Å². The van der Waals surface area contributed by atoms with Gasteiger partial charge >= 0.3 is 5.97 Å². The first-order valence-electron chi connectivity index (χ1n) is 6.14. The molecule has 1 rings (SSSR count). The van der Waals surface area contributed by atoms with E-state index < -0.39 is 37.0 Å². The second-order valence-electron chi connectivity index (χ2n) is 5.25. The van der Waals surface area contributed by atoms with E-state index >= 15 is 0 Å². The number of nitro benzene ring substituents is 1. The molecule has 0 radical (unpaired) electrons. The molecule has 8 nitrogen and oxygen atoms in total. The molecule has 1 aromatic rings. The lowest BCUT2D eigenvalue weighted by Crippen LogP contribution is -2.43. The molecule has 0 unspecified atom stereocenters. The van der Waals surface area contributed by atoms with Crippen LogP contribution in [0.5, 0.6) is 0 Å². The molecule has 0 amide bonds. The smallest absolute Gasteiger partial charge is 0.303 e. The van der Waals surface area contributed by atoms with Crippen molar-refractivity contribution in [2.75, 3.05) is 0 Å². The number of benzene rings is 1. The highest BCUT2D eigenvalue weighted by Gasteiger charge is 2.31. The molecule has 0 bridgehead atoms. The predicted octanol–water partition coefficient (Wildman–Crippen LogP) is 2.17.